The minimum absolute atomic E-state index is 0.272. The molecular weight excluding hydrogens is 304 g/mol. The summed E-state index contributed by atoms with van der Waals surface area (Å²) in [7, 11) is 0. The molecule has 0 radical (unpaired) electrons. The van der Waals surface area contributed by atoms with E-state index in [4.69, 9.17) is 4.74 Å². The lowest BCUT2D eigenvalue weighted by Gasteiger charge is -2.09. The lowest BCUT2D eigenvalue weighted by Crippen LogP contribution is -2.10. The van der Waals surface area contributed by atoms with Gasteiger partial charge in [-0.05, 0) is 24.4 Å². The molecule has 0 amide bonds. The predicted molar refractivity (Wildman–Crippen MR) is 83.9 cm³/mol. The standard InChI is InChI=1S/C15H12N2O2S2/c1-2-19-15(18)13-14(21-12-8-5-9-20-12)10-6-3-4-7-11(10)16-17-13/h3-9H,2H2,1H3. The Morgan fingerprint density at radius 1 is 1.24 bits per heavy atom. The number of fused-ring (bicyclic) bond motifs is 1. The molecule has 0 saturated carbocycles. The molecule has 0 aliphatic rings. The number of rotatable bonds is 4. The molecule has 0 aliphatic carbocycles. The predicted octanol–water partition coefficient (Wildman–Crippen LogP) is 4.02. The first kappa shape index (κ1) is 14.0. The third-order valence-electron chi connectivity index (χ3n) is 2.79. The third kappa shape index (κ3) is 2.91. The molecule has 3 rings (SSSR count). The molecule has 0 spiro atoms. The number of benzene rings is 1. The molecule has 0 bridgehead atoms. The quantitative estimate of drug-likeness (QED) is 0.680. The van der Waals surface area contributed by atoms with Crippen molar-refractivity contribution in [3.8, 4) is 0 Å². The zero-order valence-electron chi connectivity index (χ0n) is 11.3. The maximum atomic E-state index is 12.1. The Labute approximate surface area is 130 Å². The summed E-state index contributed by atoms with van der Waals surface area (Å²) in [4.78, 5) is 12.9. The molecule has 0 atom stereocenters. The number of esters is 1. The average molecular weight is 316 g/mol. The van der Waals surface area contributed by atoms with Gasteiger partial charge in [-0.25, -0.2) is 4.79 Å². The van der Waals surface area contributed by atoms with Crippen LogP contribution in [0.25, 0.3) is 10.9 Å². The number of hydrogen-bond donors (Lipinski definition) is 0. The molecule has 0 saturated heterocycles. The van der Waals surface area contributed by atoms with Crippen molar-refractivity contribution in [1.29, 1.82) is 0 Å². The van der Waals surface area contributed by atoms with Crippen molar-refractivity contribution in [3.63, 3.8) is 0 Å². The Morgan fingerprint density at radius 2 is 2.10 bits per heavy atom. The van der Waals surface area contributed by atoms with Crippen LogP contribution in [0, 0.1) is 0 Å². The molecule has 2 heterocycles. The fourth-order valence-electron chi connectivity index (χ4n) is 1.89. The van der Waals surface area contributed by atoms with Gasteiger partial charge >= 0.3 is 5.97 Å². The van der Waals surface area contributed by atoms with Crippen LogP contribution in [-0.2, 0) is 4.74 Å². The van der Waals surface area contributed by atoms with Crippen molar-refractivity contribution >= 4 is 40.0 Å². The highest BCUT2D eigenvalue weighted by Crippen LogP contribution is 2.37. The van der Waals surface area contributed by atoms with Crippen LogP contribution >= 0.6 is 23.1 Å². The Bertz CT molecular complexity index is 772. The number of nitrogens with zero attached hydrogens (tertiary/aromatic N) is 2. The summed E-state index contributed by atoms with van der Waals surface area (Å²) in [5, 5.41) is 11.1. The van der Waals surface area contributed by atoms with Gasteiger partial charge < -0.3 is 4.74 Å². The molecule has 106 valence electrons. The summed E-state index contributed by atoms with van der Waals surface area (Å²) in [6, 6.07) is 11.7. The van der Waals surface area contributed by atoms with E-state index < -0.39 is 5.97 Å². The van der Waals surface area contributed by atoms with E-state index in [1.807, 2.05) is 41.8 Å². The number of aromatic nitrogens is 2. The maximum absolute atomic E-state index is 12.1. The highest BCUT2D eigenvalue weighted by molar-refractivity contribution is 8.01. The van der Waals surface area contributed by atoms with Gasteiger partial charge in [-0.2, -0.15) is 0 Å². The molecule has 0 aliphatic heterocycles. The summed E-state index contributed by atoms with van der Waals surface area (Å²) >= 11 is 3.14. The van der Waals surface area contributed by atoms with Crippen LogP contribution < -0.4 is 0 Å². The highest BCUT2D eigenvalue weighted by atomic mass is 32.2. The summed E-state index contributed by atoms with van der Waals surface area (Å²) in [5.41, 5.74) is 1.04. The van der Waals surface area contributed by atoms with E-state index in [1.54, 1.807) is 18.3 Å². The molecule has 6 heteroatoms. The number of ether oxygens (including phenoxy) is 1. The average Bonchev–Trinajstić information content (AvgIpc) is 3.01. The Hall–Kier alpha value is -1.92. The van der Waals surface area contributed by atoms with Gasteiger partial charge in [0, 0.05) is 5.39 Å². The zero-order valence-corrected chi connectivity index (χ0v) is 12.9. The van der Waals surface area contributed by atoms with Crippen molar-refractivity contribution in [2.24, 2.45) is 0 Å². The molecule has 0 unspecified atom stereocenters. The fraction of sp³-hybridized carbons (Fsp3) is 0.133. The largest absolute Gasteiger partial charge is 0.461 e. The zero-order chi connectivity index (χ0) is 14.7. The van der Waals surface area contributed by atoms with Gasteiger partial charge in [-0.3, -0.25) is 0 Å². The molecule has 21 heavy (non-hydrogen) atoms. The van der Waals surface area contributed by atoms with E-state index >= 15 is 0 Å². The van der Waals surface area contributed by atoms with Crippen LogP contribution in [0.2, 0.25) is 0 Å². The molecular formula is C15H12N2O2S2. The van der Waals surface area contributed by atoms with E-state index in [2.05, 4.69) is 10.2 Å². The van der Waals surface area contributed by atoms with Crippen LogP contribution in [0.4, 0.5) is 0 Å². The van der Waals surface area contributed by atoms with Crippen molar-refractivity contribution < 1.29 is 9.53 Å². The summed E-state index contributed by atoms with van der Waals surface area (Å²) in [6.07, 6.45) is 0. The Balaban J connectivity index is 2.15. The van der Waals surface area contributed by atoms with Crippen LogP contribution in [-0.4, -0.2) is 22.8 Å². The summed E-state index contributed by atoms with van der Waals surface area (Å²) in [6.45, 7) is 2.09. The number of hydrogen-bond acceptors (Lipinski definition) is 6. The van der Waals surface area contributed by atoms with Crippen LogP contribution in [0.3, 0.4) is 0 Å². The molecule has 0 N–H and O–H groups in total. The summed E-state index contributed by atoms with van der Waals surface area (Å²) in [5.74, 6) is -0.435. The van der Waals surface area contributed by atoms with Gasteiger partial charge in [0.05, 0.1) is 21.2 Å². The second-order valence-electron chi connectivity index (χ2n) is 4.15. The van der Waals surface area contributed by atoms with E-state index in [0.717, 1.165) is 20.0 Å². The van der Waals surface area contributed by atoms with Crippen molar-refractivity contribution in [2.45, 2.75) is 16.0 Å². The number of thiophene rings is 1. The smallest absolute Gasteiger partial charge is 0.360 e. The second-order valence-corrected chi connectivity index (χ2v) is 6.41. The lowest BCUT2D eigenvalue weighted by molar-refractivity contribution is 0.0514. The SMILES string of the molecule is CCOC(=O)c1nnc2ccccc2c1Sc1cccs1. The van der Waals surface area contributed by atoms with Crippen molar-refractivity contribution in [3.05, 3.63) is 47.5 Å². The first-order valence-electron chi connectivity index (χ1n) is 6.43. The minimum atomic E-state index is -0.435. The maximum Gasteiger partial charge on any atom is 0.360 e. The van der Waals surface area contributed by atoms with E-state index in [1.165, 1.54) is 11.8 Å². The van der Waals surface area contributed by atoms with Gasteiger partial charge in [0.2, 0.25) is 0 Å². The molecule has 3 aromatic rings. The summed E-state index contributed by atoms with van der Waals surface area (Å²) < 4.78 is 6.18. The van der Waals surface area contributed by atoms with Crippen LogP contribution in [0.1, 0.15) is 17.4 Å². The second kappa shape index (κ2) is 6.24. The fourth-order valence-corrected chi connectivity index (χ4v) is 3.80. The normalized spacial score (nSPS) is 10.7. The van der Waals surface area contributed by atoms with Gasteiger partial charge in [0.15, 0.2) is 5.69 Å². The van der Waals surface area contributed by atoms with E-state index in [0.29, 0.717) is 6.61 Å². The topological polar surface area (TPSA) is 52.1 Å². The first-order chi connectivity index (χ1) is 10.3. The van der Waals surface area contributed by atoms with Crippen LogP contribution in [0.5, 0.6) is 0 Å². The van der Waals surface area contributed by atoms with Crippen LogP contribution in [0.15, 0.2) is 50.9 Å². The molecule has 0 fully saturated rings. The lowest BCUT2D eigenvalue weighted by atomic mass is 10.2. The first-order valence-corrected chi connectivity index (χ1v) is 8.13. The third-order valence-corrected chi connectivity index (χ3v) is 4.94. The minimum Gasteiger partial charge on any atom is -0.461 e. The number of carbonyl (C=O) groups is 1. The van der Waals surface area contributed by atoms with Gasteiger partial charge in [0.25, 0.3) is 0 Å². The van der Waals surface area contributed by atoms with Crippen molar-refractivity contribution in [2.75, 3.05) is 6.61 Å². The van der Waals surface area contributed by atoms with Gasteiger partial charge in [0.1, 0.15) is 0 Å². The molecule has 2 aromatic heterocycles. The Morgan fingerprint density at radius 3 is 2.86 bits per heavy atom. The Kier molecular flexibility index (Phi) is 4.17. The monoisotopic (exact) mass is 316 g/mol. The van der Waals surface area contributed by atoms with Gasteiger partial charge in [-0.15, -0.1) is 21.5 Å². The van der Waals surface area contributed by atoms with Gasteiger partial charge in [-0.1, -0.05) is 36.0 Å². The van der Waals surface area contributed by atoms with Crippen molar-refractivity contribution in [1.82, 2.24) is 10.2 Å². The molecule has 1 aromatic carbocycles. The number of carbonyl (C=O) groups excluding carboxylic acids is 1. The molecule has 4 nitrogen and oxygen atoms in total. The van der Waals surface area contributed by atoms with E-state index in [-0.39, 0.29) is 5.69 Å². The highest BCUT2D eigenvalue weighted by Gasteiger charge is 2.19. The van der Waals surface area contributed by atoms with E-state index in [9.17, 15) is 4.79 Å².